The maximum Gasteiger partial charge on any atom is 0.322 e. The van der Waals surface area contributed by atoms with Crippen LogP contribution in [0.1, 0.15) is 5.56 Å². The van der Waals surface area contributed by atoms with Gasteiger partial charge < -0.3 is 5.11 Å². The molecule has 0 radical (unpaired) electrons. The van der Waals surface area contributed by atoms with Crippen molar-refractivity contribution < 1.29 is 18.3 Å². The molecule has 0 aliphatic rings. The van der Waals surface area contributed by atoms with Crippen LogP contribution in [0, 0.1) is 0 Å². The predicted octanol–water partition coefficient (Wildman–Crippen LogP) is 4.99. The minimum Gasteiger partial charge on any atom is -0.480 e. The monoisotopic (exact) mass is 457 g/mol. The zero-order valence-electron chi connectivity index (χ0n) is 17.8. The van der Waals surface area contributed by atoms with Gasteiger partial charge in [-0.2, -0.15) is 4.72 Å². The summed E-state index contributed by atoms with van der Waals surface area (Å²) in [7, 11) is -4.00. The topological polar surface area (TPSA) is 83.5 Å². The Morgan fingerprint density at radius 3 is 1.58 bits per heavy atom. The van der Waals surface area contributed by atoms with E-state index >= 15 is 0 Å². The maximum absolute atomic E-state index is 12.8. The molecule has 0 aromatic heterocycles. The summed E-state index contributed by atoms with van der Waals surface area (Å²) in [6.07, 6.45) is 0.0568. The number of rotatable bonds is 8. The van der Waals surface area contributed by atoms with Crippen molar-refractivity contribution in [2.45, 2.75) is 17.4 Å². The van der Waals surface area contributed by atoms with Crippen LogP contribution in [0.15, 0.2) is 114 Å². The summed E-state index contributed by atoms with van der Waals surface area (Å²) in [5.41, 5.74) is 4.79. The second kappa shape index (κ2) is 9.81. The van der Waals surface area contributed by atoms with Gasteiger partial charge in [-0.1, -0.05) is 97.1 Å². The van der Waals surface area contributed by atoms with Gasteiger partial charge in [0.15, 0.2) is 0 Å². The quantitative estimate of drug-likeness (QED) is 0.390. The molecule has 0 bridgehead atoms. The molecule has 5 nitrogen and oxygen atoms in total. The van der Waals surface area contributed by atoms with Gasteiger partial charge in [-0.05, 0) is 46.4 Å². The Balaban J connectivity index is 1.50. The summed E-state index contributed by atoms with van der Waals surface area (Å²) in [5.74, 6) is -1.22. The Hall–Kier alpha value is -3.74. The SMILES string of the molecule is O=C(O)[C@@H](Cc1ccccc1)NS(=O)(=O)c1ccc(-c2ccc(-c3ccccc3)cc2)cc1. The molecule has 0 spiro atoms. The van der Waals surface area contributed by atoms with Gasteiger partial charge in [-0.25, -0.2) is 8.42 Å². The van der Waals surface area contributed by atoms with E-state index in [1.807, 2.05) is 60.7 Å². The lowest BCUT2D eigenvalue weighted by molar-refractivity contribution is -0.138. The van der Waals surface area contributed by atoms with Gasteiger partial charge in [-0.15, -0.1) is 0 Å². The second-order valence-electron chi connectivity index (χ2n) is 7.67. The minimum absolute atomic E-state index is 0.0199. The van der Waals surface area contributed by atoms with Crippen LogP contribution in [-0.2, 0) is 21.2 Å². The highest BCUT2D eigenvalue weighted by atomic mass is 32.2. The Bertz CT molecular complexity index is 1320. The summed E-state index contributed by atoms with van der Waals surface area (Å²) in [4.78, 5) is 11.7. The van der Waals surface area contributed by atoms with Crippen molar-refractivity contribution >= 4 is 16.0 Å². The molecule has 0 amide bonds. The molecule has 2 N–H and O–H groups in total. The number of hydrogen-bond acceptors (Lipinski definition) is 3. The smallest absolute Gasteiger partial charge is 0.322 e. The third kappa shape index (κ3) is 5.55. The van der Waals surface area contributed by atoms with Gasteiger partial charge in [0.1, 0.15) is 6.04 Å². The zero-order valence-corrected chi connectivity index (χ0v) is 18.6. The van der Waals surface area contributed by atoms with Crippen LogP contribution < -0.4 is 4.72 Å². The summed E-state index contributed by atoms with van der Waals surface area (Å²) >= 11 is 0. The first-order valence-corrected chi connectivity index (χ1v) is 12.0. The highest BCUT2D eigenvalue weighted by Crippen LogP contribution is 2.26. The van der Waals surface area contributed by atoms with Crippen LogP contribution in [0.3, 0.4) is 0 Å². The maximum atomic E-state index is 12.8. The van der Waals surface area contributed by atoms with Crippen molar-refractivity contribution in [3.8, 4) is 22.3 Å². The number of benzene rings is 4. The number of aliphatic carboxylic acids is 1. The van der Waals surface area contributed by atoms with Crippen molar-refractivity contribution in [1.29, 1.82) is 0 Å². The van der Waals surface area contributed by atoms with Crippen molar-refractivity contribution in [2.75, 3.05) is 0 Å². The normalized spacial score (nSPS) is 12.2. The first-order valence-electron chi connectivity index (χ1n) is 10.5. The molecule has 166 valence electrons. The largest absolute Gasteiger partial charge is 0.480 e. The fraction of sp³-hybridized carbons (Fsp3) is 0.0741. The summed E-state index contributed by atoms with van der Waals surface area (Å²) in [6.45, 7) is 0. The van der Waals surface area contributed by atoms with E-state index < -0.39 is 22.0 Å². The lowest BCUT2D eigenvalue weighted by Crippen LogP contribution is -2.42. The molecular weight excluding hydrogens is 434 g/mol. The van der Waals surface area contributed by atoms with Crippen molar-refractivity contribution in [2.24, 2.45) is 0 Å². The van der Waals surface area contributed by atoms with E-state index in [1.54, 1.807) is 36.4 Å². The van der Waals surface area contributed by atoms with Crippen molar-refractivity contribution in [3.63, 3.8) is 0 Å². The number of carboxylic acids is 1. The van der Waals surface area contributed by atoms with E-state index in [0.717, 1.165) is 27.8 Å². The molecule has 4 aromatic rings. The van der Waals surface area contributed by atoms with E-state index in [9.17, 15) is 18.3 Å². The van der Waals surface area contributed by atoms with E-state index in [4.69, 9.17) is 0 Å². The fourth-order valence-electron chi connectivity index (χ4n) is 3.60. The van der Waals surface area contributed by atoms with Crippen molar-refractivity contribution in [1.82, 2.24) is 4.72 Å². The Labute approximate surface area is 193 Å². The van der Waals surface area contributed by atoms with Gasteiger partial charge in [0.05, 0.1) is 4.90 Å². The molecule has 4 aromatic carbocycles. The summed E-state index contributed by atoms with van der Waals surface area (Å²) in [6, 6.07) is 32.2. The summed E-state index contributed by atoms with van der Waals surface area (Å²) in [5, 5.41) is 9.52. The van der Waals surface area contributed by atoms with Gasteiger partial charge >= 0.3 is 5.97 Å². The molecule has 0 unspecified atom stereocenters. The number of sulfonamides is 1. The molecule has 0 saturated carbocycles. The number of hydrogen-bond donors (Lipinski definition) is 2. The zero-order chi connectivity index (χ0) is 23.3. The highest BCUT2D eigenvalue weighted by Gasteiger charge is 2.25. The lowest BCUT2D eigenvalue weighted by Gasteiger charge is -2.15. The van der Waals surface area contributed by atoms with E-state index in [1.165, 1.54) is 12.1 Å². The molecule has 0 aliphatic heterocycles. The number of nitrogens with one attached hydrogen (secondary N) is 1. The second-order valence-corrected chi connectivity index (χ2v) is 9.38. The number of carboxylic acid groups (broad SMARTS) is 1. The molecular formula is C27H23NO4S. The Kier molecular flexibility index (Phi) is 6.68. The lowest BCUT2D eigenvalue weighted by atomic mass is 10.0. The van der Waals surface area contributed by atoms with Gasteiger partial charge in [-0.3, -0.25) is 4.79 Å². The van der Waals surface area contributed by atoms with Crippen LogP contribution in [0.4, 0.5) is 0 Å². The van der Waals surface area contributed by atoms with Crippen LogP contribution in [0.25, 0.3) is 22.3 Å². The average Bonchev–Trinajstić information content (AvgIpc) is 2.85. The minimum atomic E-state index is -4.00. The van der Waals surface area contributed by atoms with Gasteiger partial charge in [0.2, 0.25) is 10.0 Å². The average molecular weight is 458 g/mol. The highest BCUT2D eigenvalue weighted by molar-refractivity contribution is 7.89. The first kappa shape index (κ1) is 22.5. The van der Waals surface area contributed by atoms with Crippen LogP contribution in [-0.4, -0.2) is 25.5 Å². The molecule has 0 fully saturated rings. The molecule has 4 rings (SSSR count). The standard InChI is InChI=1S/C27H23NO4S/c29-27(30)26(19-20-7-3-1-4-8-20)28-33(31,32)25-17-15-24(16-18-25)23-13-11-22(12-14-23)21-9-5-2-6-10-21/h1-18,26,28H,19H2,(H,29,30)/t26-/m1/s1. The van der Waals surface area contributed by atoms with E-state index in [-0.39, 0.29) is 11.3 Å². The molecule has 6 heteroatoms. The molecule has 0 aliphatic carbocycles. The molecule has 0 heterocycles. The van der Waals surface area contributed by atoms with Crippen LogP contribution in [0.2, 0.25) is 0 Å². The third-order valence-corrected chi connectivity index (χ3v) is 6.86. The molecule has 1 atom stereocenters. The molecule has 33 heavy (non-hydrogen) atoms. The van der Waals surface area contributed by atoms with Crippen LogP contribution >= 0.6 is 0 Å². The van der Waals surface area contributed by atoms with Gasteiger partial charge in [0.25, 0.3) is 0 Å². The summed E-state index contributed by atoms with van der Waals surface area (Å²) < 4.78 is 27.9. The van der Waals surface area contributed by atoms with E-state index in [0.29, 0.717) is 0 Å². The van der Waals surface area contributed by atoms with Crippen molar-refractivity contribution in [3.05, 3.63) is 115 Å². The predicted molar refractivity (Wildman–Crippen MR) is 129 cm³/mol. The first-order chi connectivity index (χ1) is 15.9. The van der Waals surface area contributed by atoms with E-state index in [2.05, 4.69) is 4.72 Å². The van der Waals surface area contributed by atoms with Crippen LogP contribution in [0.5, 0.6) is 0 Å². The molecule has 0 saturated heterocycles. The third-order valence-electron chi connectivity index (χ3n) is 5.37. The Morgan fingerprint density at radius 2 is 1.09 bits per heavy atom. The number of carbonyl (C=O) groups is 1. The Morgan fingerprint density at radius 1 is 0.667 bits per heavy atom. The fourth-order valence-corrected chi connectivity index (χ4v) is 4.79. The van der Waals surface area contributed by atoms with Gasteiger partial charge in [0, 0.05) is 0 Å².